The van der Waals surface area contributed by atoms with Crippen LogP contribution in [0.15, 0.2) is 23.8 Å². The molecule has 7 aliphatic rings. The van der Waals surface area contributed by atoms with Crippen LogP contribution in [0.2, 0.25) is 0 Å². The van der Waals surface area contributed by atoms with Crippen molar-refractivity contribution in [1.82, 2.24) is 15.1 Å². The normalized spacial score (nSPS) is 49.9. The van der Waals surface area contributed by atoms with Crippen LogP contribution in [-0.2, 0) is 42.8 Å². The number of rotatable bonds is 13. The fraction of sp³-hybridized carbons (Fsp3) is 0.887. The van der Waals surface area contributed by atoms with E-state index in [1.54, 1.807) is 75.3 Å². The molecule has 2 unspecified atom stereocenters. The van der Waals surface area contributed by atoms with E-state index in [4.69, 9.17) is 28.4 Å². The Labute approximate surface area is 487 Å². The molecule has 4 aliphatic carbocycles. The molecule has 0 bridgehead atoms. The Hall–Kier alpha value is -2.54. The van der Waals surface area contributed by atoms with Crippen molar-refractivity contribution in [2.75, 3.05) is 40.3 Å². The number of nitrogens with zero attached hydrogens (tertiary/aromatic N) is 2. The average molecular weight is 1170 g/mol. The lowest BCUT2D eigenvalue weighted by atomic mass is 9.45. The molecule has 3 heterocycles. The van der Waals surface area contributed by atoms with Gasteiger partial charge in [-0.3, -0.25) is 19.3 Å². The summed E-state index contributed by atoms with van der Waals surface area (Å²) in [5.74, 6) is -5.69. The Morgan fingerprint density at radius 3 is 2.21 bits per heavy atom. The minimum absolute atomic E-state index is 0.0647. The predicted molar refractivity (Wildman–Crippen MR) is 303 cm³/mol. The molecule has 3 aliphatic heterocycles. The molecule has 1 amide bonds. The van der Waals surface area contributed by atoms with Crippen molar-refractivity contribution in [3.05, 3.63) is 23.8 Å². The summed E-state index contributed by atoms with van der Waals surface area (Å²) >= 11 is 0. The van der Waals surface area contributed by atoms with E-state index in [-0.39, 0.29) is 82.0 Å². The Morgan fingerprint density at radius 1 is 0.902 bits per heavy atom. The summed E-state index contributed by atoms with van der Waals surface area (Å²) in [5.41, 5.74) is -10.7. The van der Waals surface area contributed by atoms with E-state index >= 15 is 4.39 Å². The largest absolute Gasteiger partial charge is 0.459 e. The van der Waals surface area contributed by atoms with Crippen molar-refractivity contribution in [1.29, 1.82) is 0 Å². The highest BCUT2D eigenvalue weighted by atomic mass is 19.1. The lowest BCUT2D eigenvalue weighted by Gasteiger charge is -2.61. The number of methoxy groups -OCH3 is 1. The van der Waals surface area contributed by atoms with Gasteiger partial charge in [0.25, 0.3) is 5.91 Å². The number of carbonyl (C=O) groups is 3. The number of allylic oxidation sites excluding steroid dienone is 4. The first-order valence-electron chi connectivity index (χ1n) is 30.6. The molecule has 7 rings (SSSR count). The molecule has 5 fully saturated rings. The lowest BCUT2D eigenvalue weighted by molar-refractivity contribution is -0.318. The fourth-order valence-electron chi connectivity index (χ4n) is 16.6. The number of fused-ring (bicyclic) bond motifs is 5. The average Bonchev–Trinajstić information content (AvgIpc) is 1.39. The van der Waals surface area contributed by atoms with Crippen molar-refractivity contribution in [2.45, 2.75) is 262 Å². The van der Waals surface area contributed by atoms with Crippen LogP contribution in [-0.4, -0.2) is 211 Å². The summed E-state index contributed by atoms with van der Waals surface area (Å²) in [7, 11) is 3.40. The highest BCUT2D eigenvalue weighted by Crippen LogP contribution is 2.70. The second kappa shape index (κ2) is 24.9. The standard InChI is InChI=1S/C62H104FN3O16/c1-17-46-60(14,75)50(70)38(8)66(25-19-24-64-55(73)62(76)34(4)26-43-42-21-20-40-28-41(67)22-23-56(40,10)61(42,63)45(68)30-57(43,62)11)32-33(3)29-58(12,74)52(82-54-48(69)44(65(15)18-2)27-35(5)78-54)36(6)49(37(7)53(72)80-46)81-47-31-59(13,77-16)51(71)39(9)79-47/h20,22-23,33-39,42-52,54,68-71,74-76H,17-19,21,24-32H2,1-16H3,(H,64,73)/t33-,34-,35-,36+,37-,38-,39+,42?,43?,44+,45+,46-,47+,48-,49+,50-,51+,52-,54+,56+,57+,58-,59-,60-,61+,62+/m1/s1. The molecule has 26 atom stereocenters. The number of carbonyl (C=O) groups excluding carboxylic acids is 3. The van der Waals surface area contributed by atoms with Crippen LogP contribution in [0.5, 0.6) is 0 Å². The number of cyclic esters (lactones) is 1. The molecule has 20 heteroatoms. The Balaban J connectivity index is 1.17. The SMILES string of the molecule is CC[C@H]1OC(=O)[C@H](C)[C@@H](O[C@H]2C[C@@](C)(OC)[C@@H](O)[C@H](C)O2)[C@H](C)[C@@H](O[C@@H]2O[C@H](C)C[C@H](N(C)CC)[C@H]2O)[C@](C)(O)C[C@@H](C)CN(CCCNC(=O)[C@@]2(O)[C@H](C)CC3C4CC=C5CC(=O)C=C[C@]5(C)[C@@]4(F)[C@@H](O)C[C@@]32C)[C@H](C)[C@@H](O)[C@]1(C)O. The van der Waals surface area contributed by atoms with Crippen molar-refractivity contribution < 1.29 is 82.9 Å². The summed E-state index contributed by atoms with van der Waals surface area (Å²) in [4.78, 5) is 45.8. The van der Waals surface area contributed by atoms with Crippen LogP contribution in [0.3, 0.4) is 0 Å². The van der Waals surface area contributed by atoms with E-state index in [0.717, 1.165) is 0 Å². The number of aliphatic hydroxyl groups is 7. The minimum atomic E-state index is -2.13. The maximum Gasteiger partial charge on any atom is 0.311 e. The monoisotopic (exact) mass is 1170 g/mol. The minimum Gasteiger partial charge on any atom is -0.459 e. The topological polar surface area (TPSA) is 267 Å². The third-order valence-electron chi connectivity index (χ3n) is 21.9. The molecule has 8 N–H and O–H groups in total. The second-order valence-electron chi connectivity index (χ2n) is 27.6. The number of ether oxygens (including phenoxy) is 6. The van der Waals surface area contributed by atoms with Gasteiger partial charge in [0.05, 0.1) is 47.6 Å². The van der Waals surface area contributed by atoms with Crippen LogP contribution in [0.1, 0.15) is 155 Å². The van der Waals surface area contributed by atoms with Crippen molar-refractivity contribution in [3.8, 4) is 0 Å². The molecule has 0 spiro atoms. The molecule has 0 aromatic carbocycles. The van der Waals surface area contributed by atoms with Crippen LogP contribution >= 0.6 is 0 Å². The summed E-state index contributed by atoms with van der Waals surface area (Å²) in [6.07, 6.45) is -5.62. The molecule has 2 saturated carbocycles. The summed E-state index contributed by atoms with van der Waals surface area (Å²) in [6, 6.07) is -1.16. The van der Waals surface area contributed by atoms with E-state index in [1.165, 1.54) is 20.1 Å². The zero-order valence-electron chi connectivity index (χ0n) is 52.0. The summed E-state index contributed by atoms with van der Waals surface area (Å²) in [6.45, 7) is 25.7. The Bertz CT molecular complexity index is 2330. The van der Waals surface area contributed by atoms with E-state index in [0.29, 0.717) is 31.4 Å². The van der Waals surface area contributed by atoms with Gasteiger partial charge in [0.1, 0.15) is 30.0 Å². The molecule has 0 aromatic heterocycles. The van der Waals surface area contributed by atoms with Gasteiger partial charge >= 0.3 is 5.97 Å². The van der Waals surface area contributed by atoms with Gasteiger partial charge in [-0.15, -0.1) is 0 Å². The highest BCUT2D eigenvalue weighted by molar-refractivity contribution is 5.93. The first kappa shape index (κ1) is 67.0. The summed E-state index contributed by atoms with van der Waals surface area (Å²) in [5, 5.41) is 88.7. The molecular formula is C62H104FN3O16. The number of halogens is 1. The van der Waals surface area contributed by atoms with Crippen molar-refractivity contribution in [2.24, 2.45) is 46.3 Å². The van der Waals surface area contributed by atoms with Gasteiger partial charge in [0.15, 0.2) is 29.6 Å². The van der Waals surface area contributed by atoms with E-state index in [2.05, 4.69) is 5.32 Å². The maximum atomic E-state index is 17.9. The van der Waals surface area contributed by atoms with E-state index in [1.807, 2.05) is 43.7 Å². The van der Waals surface area contributed by atoms with Gasteiger partial charge < -0.3 is 74.4 Å². The second-order valence-corrected chi connectivity index (χ2v) is 27.6. The zero-order chi connectivity index (χ0) is 61.2. The molecule has 3 saturated heterocycles. The molecule has 0 aromatic rings. The number of alkyl halides is 1. The predicted octanol–water partition coefficient (Wildman–Crippen LogP) is 4.52. The van der Waals surface area contributed by atoms with Gasteiger partial charge in [-0.05, 0) is 138 Å². The van der Waals surface area contributed by atoms with Gasteiger partial charge in [0.2, 0.25) is 0 Å². The summed E-state index contributed by atoms with van der Waals surface area (Å²) < 4.78 is 56.3. The van der Waals surface area contributed by atoms with Gasteiger partial charge in [0, 0.05) is 74.3 Å². The van der Waals surface area contributed by atoms with Crippen molar-refractivity contribution in [3.63, 3.8) is 0 Å². The van der Waals surface area contributed by atoms with Gasteiger partial charge in [-0.2, -0.15) is 0 Å². The maximum absolute atomic E-state index is 17.9. The van der Waals surface area contributed by atoms with Crippen molar-refractivity contribution >= 4 is 17.7 Å². The molecule has 19 nitrogen and oxygen atoms in total. The molecule has 0 radical (unpaired) electrons. The van der Waals surface area contributed by atoms with Gasteiger partial charge in [-0.1, -0.05) is 59.3 Å². The molecular weight excluding hydrogens is 1060 g/mol. The molecule has 82 heavy (non-hydrogen) atoms. The highest BCUT2D eigenvalue weighted by Gasteiger charge is 2.75. The zero-order valence-corrected chi connectivity index (χ0v) is 52.0. The number of hydrogen-bond acceptors (Lipinski definition) is 18. The van der Waals surface area contributed by atoms with E-state index in [9.17, 15) is 50.1 Å². The van der Waals surface area contributed by atoms with E-state index < -0.39 is 148 Å². The number of amides is 1. The van der Waals surface area contributed by atoms with Crippen LogP contribution in [0.4, 0.5) is 4.39 Å². The number of ketones is 1. The molecule has 470 valence electrons. The third-order valence-corrected chi connectivity index (χ3v) is 21.9. The number of aliphatic hydroxyl groups excluding tert-OH is 4. The van der Waals surface area contributed by atoms with Gasteiger partial charge in [-0.25, -0.2) is 4.39 Å². The number of nitrogens with one attached hydrogen (secondary N) is 1. The lowest BCUT2D eigenvalue weighted by Crippen LogP contribution is -2.69. The Kier molecular flexibility index (Phi) is 20.3. The quantitative estimate of drug-likeness (QED) is 0.0716. The third kappa shape index (κ3) is 11.9. The van der Waals surface area contributed by atoms with Crippen LogP contribution in [0, 0.1) is 46.3 Å². The number of likely N-dealkylation sites (N-methyl/N-ethyl adjacent to an activating group) is 1. The smallest absolute Gasteiger partial charge is 0.311 e. The number of hydrogen-bond donors (Lipinski definition) is 8. The fourth-order valence-corrected chi connectivity index (χ4v) is 16.6. The Morgan fingerprint density at radius 2 is 1.57 bits per heavy atom. The van der Waals surface area contributed by atoms with Crippen LogP contribution in [0.25, 0.3) is 0 Å². The first-order chi connectivity index (χ1) is 38.0. The van der Waals surface area contributed by atoms with Crippen LogP contribution < -0.4 is 5.32 Å². The number of esters is 1. The first-order valence-corrected chi connectivity index (χ1v) is 30.6.